The summed E-state index contributed by atoms with van der Waals surface area (Å²) in [6.07, 6.45) is 1.43. The molecule has 1 amide bonds. The second-order valence-corrected chi connectivity index (χ2v) is 8.20. The lowest BCUT2D eigenvalue weighted by molar-refractivity contribution is -0.117. The number of hydrogen-bond acceptors (Lipinski definition) is 5. The standard InChI is InChI=1S/C24H15Cl2NO5/c1-12-15(26)4-2-5-16(12)27-21(18-6-3-9-31-18)20(23(29)24(27)30)22(28)19-11-13-10-14(25)7-8-17(13)32-19/h2-11,21,29H,1H3. The van der Waals surface area contributed by atoms with Crippen molar-refractivity contribution in [1.29, 1.82) is 0 Å². The number of hydrogen-bond donors (Lipinski definition) is 1. The van der Waals surface area contributed by atoms with E-state index in [0.717, 1.165) is 0 Å². The molecule has 160 valence electrons. The second kappa shape index (κ2) is 7.58. The maximum Gasteiger partial charge on any atom is 0.294 e. The Labute approximate surface area is 192 Å². The first-order valence-electron chi connectivity index (χ1n) is 9.66. The largest absolute Gasteiger partial charge is 0.503 e. The molecule has 0 bridgehead atoms. The Bertz CT molecular complexity index is 1420. The van der Waals surface area contributed by atoms with Gasteiger partial charge < -0.3 is 13.9 Å². The number of aliphatic hydroxyl groups is 1. The summed E-state index contributed by atoms with van der Waals surface area (Å²) in [5, 5.41) is 12.4. The molecule has 1 atom stereocenters. The number of Topliss-reactive ketones (excluding diaryl/α,β-unsaturated/α-hetero) is 1. The highest BCUT2D eigenvalue weighted by molar-refractivity contribution is 6.32. The average molecular weight is 468 g/mol. The molecule has 2 aromatic carbocycles. The molecule has 4 aromatic rings. The zero-order valence-electron chi connectivity index (χ0n) is 16.6. The Morgan fingerprint density at radius 1 is 1.09 bits per heavy atom. The summed E-state index contributed by atoms with van der Waals surface area (Å²) in [5.41, 5.74) is 1.39. The highest BCUT2D eigenvalue weighted by atomic mass is 35.5. The molecule has 2 aromatic heterocycles. The molecule has 0 fully saturated rings. The number of aliphatic hydroxyl groups excluding tert-OH is 1. The van der Waals surface area contributed by atoms with E-state index in [-0.39, 0.29) is 11.3 Å². The Hall–Kier alpha value is -3.48. The van der Waals surface area contributed by atoms with Crippen molar-refractivity contribution in [2.45, 2.75) is 13.0 Å². The molecular weight excluding hydrogens is 453 g/mol. The van der Waals surface area contributed by atoms with Gasteiger partial charge in [0.25, 0.3) is 5.91 Å². The highest BCUT2D eigenvalue weighted by Gasteiger charge is 2.47. The van der Waals surface area contributed by atoms with Crippen LogP contribution in [0, 0.1) is 6.92 Å². The maximum absolute atomic E-state index is 13.5. The minimum absolute atomic E-state index is 0.0298. The molecule has 0 aliphatic carbocycles. The Morgan fingerprint density at radius 3 is 2.66 bits per heavy atom. The van der Waals surface area contributed by atoms with Crippen LogP contribution in [-0.2, 0) is 4.79 Å². The predicted octanol–water partition coefficient (Wildman–Crippen LogP) is 6.42. The van der Waals surface area contributed by atoms with Gasteiger partial charge in [0.2, 0.25) is 5.78 Å². The van der Waals surface area contributed by atoms with Crippen molar-refractivity contribution in [3.8, 4) is 0 Å². The molecule has 0 spiro atoms. The lowest BCUT2D eigenvalue weighted by Crippen LogP contribution is -2.31. The molecule has 5 rings (SSSR count). The number of amides is 1. The number of furan rings is 2. The van der Waals surface area contributed by atoms with Crippen molar-refractivity contribution in [2.75, 3.05) is 4.90 Å². The topological polar surface area (TPSA) is 83.9 Å². The van der Waals surface area contributed by atoms with Crippen LogP contribution in [0.5, 0.6) is 0 Å². The number of carbonyl (C=O) groups is 2. The average Bonchev–Trinajstić information content (AvgIpc) is 3.49. The lowest BCUT2D eigenvalue weighted by atomic mass is 9.99. The van der Waals surface area contributed by atoms with Gasteiger partial charge in [-0.15, -0.1) is 0 Å². The SMILES string of the molecule is Cc1c(Cl)cccc1N1C(=O)C(O)=C(C(=O)c2cc3cc(Cl)ccc3o2)C1c1ccco1. The van der Waals surface area contributed by atoms with Gasteiger partial charge in [-0.05, 0) is 61.0 Å². The van der Waals surface area contributed by atoms with E-state index in [0.29, 0.717) is 38.0 Å². The fourth-order valence-electron chi connectivity index (χ4n) is 3.92. The van der Waals surface area contributed by atoms with Crippen molar-refractivity contribution in [3.05, 3.63) is 99.3 Å². The minimum atomic E-state index is -1.00. The number of anilines is 1. The van der Waals surface area contributed by atoms with Crippen molar-refractivity contribution < 1.29 is 23.5 Å². The lowest BCUT2D eigenvalue weighted by Gasteiger charge is -2.26. The van der Waals surface area contributed by atoms with Gasteiger partial charge in [0.05, 0.1) is 11.8 Å². The number of rotatable bonds is 4. The minimum Gasteiger partial charge on any atom is -0.503 e. The van der Waals surface area contributed by atoms with E-state index in [2.05, 4.69) is 0 Å². The second-order valence-electron chi connectivity index (χ2n) is 7.36. The third-order valence-corrected chi connectivity index (χ3v) is 6.11. The van der Waals surface area contributed by atoms with Gasteiger partial charge in [-0.2, -0.15) is 0 Å². The zero-order valence-corrected chi connectivity index (χ0v) is 18.1. The van der Waals surface area contributed by atoms with E-state index in [1.807, 2.05) is 0 Å². The van der Waals surface area contributed by atoms with E-state index in [9.17, 15) is 14.7 Å². The van der Waals surface area contributed by atoms with Gasteiger partial charge in [-0.3, -0.25) is 14.5 Å². The first-order chi connectivity index (χ1) is 15.4. The van der Waals surface area contributed by atoms with Crippen LogP contribution >= 0.6 is 23.2 Å². The van der Waals surface area contributed by atoms with Gasteiger partial charge in [-0.25, -0.2) is 0 Å². The quantitative estimate of drug-likeness (QED) is 0.349. The molecule has 0 saturated carbocycles. The summed E-state index contributed by atoms with van der Waals surface area (Å²) in [7, 11) is 0. The number of halogens is 2. The van der Waals surface area contributed by atoms with Crippen LogP contribution in [0.25, 0.3) is 11.0 Å². The van der Waals surface area contributed by atoms with E-state index in [1.165, 1.54) is 17.2 Å². The summed E-state index contributed by atoms with van der Waals surface area (Å²) in [4.78, 5) is 28.0. The summed E-state index contributed by atoms with van der Waals surface area (Å²) in [5.74, 6) is -1.76. The molecule has 1 unspecified atom stereocenters. The van der Waals surface area contributed by atoms with Crippen LogP contribution in [-0.4, -0.2) is 16.8 Å². The molecule has 0 saturated heterocycles. The first kappa shape index (κ1) is 20.4. The normalized spacial score (nSPS) is 16.4. The number of ketones is 1. The summed E-state index contributed by atoms with van der Waals surface area (Å²) >= 11 is 12.3. The molecule has 0 radical (unpaired) electrons. The van der Waals surface area contributed by atoms with Crippen LogP contribution in [0.2, 0.25) is 10.0 Å². The van der Waals surface area contributed by atoms with Gasteiger partial charge >= 0.3 is 0 Å². The first-order valence-corrected chi connectivity index (χ1v) is 10.4. The van der Waals surface area contributed by atoms with E-state index in [4.69, 9.17) is 32.0 Å². The van der Waals surface area contributed by atoms with E-state index < -0.39 is 23.5 Å². The summed E-state index contributed by atoms with van der Waals surface area (Å²) in [6, 6.07) is 13.8. The smallest absolute Gasteiger partial charge is 0.294 e. The number of fused-ring (bicyclic) bond motifs is 1. The number of nitrogens with zero attached hydrogens (tertiary/aromatic N) is 1. The van der Waals surface area contributed by atoms with Crippen molar-refractivity contribution in [2.24, 2.45) is 0 Å². The Balaban J connectivity index is 1.66. The van der Waals surface area contributed by atoms with Gasteiger partial charge in [0.15, 0.2) is 11.5 Å². The van der Waals surface area contributed by atoms with Gasteiger partial charge in [0.1, 0.15) is 17.4 Å². The molecular formula is C24H15Cl2NO5. The number of benzene rings is 2. The predicted molar refractivity (Wildman–Crippen MR) is 120 cm³/mol. The molecule has 6 nitrogen and oxygen atoms in total. The Kier molecular flexibility index (Phi) is 4.84. The van der Waals surface area contributed by atoms with E-state index in [1.54, 1.807) is 55.5 Å². The van der Waals surface area contributed by atoms with Gasteiger partial charge in [-0.1, -0.05) is 29.3 Å². The molecule has 1 aliphatic rings. The number of carbonyl (C=O) groups excluding carboxylic acids is 2. The molecule has 3 heterocycles. The zero-order chi connectivity index (χ0) is 22.6. The maximum atomic E-state index is 13.5. The third-order valence-electron chi connectivity index (χ3n) is 5.47. The fraction of sp³-hybridized carbons (Fsp3) is 0.0833. The van der Waals surface area contributed by atoms with Gasteiger partial charge in [0, 0.05) is 21.1 Å². The molecule has 32 heavy (non-hydrogen) atoms. The van der Waals surface area contributed by atoms with Crippen LogP contribution in [0.15, 0.2) is 81.0 Å². The molecule has 1 aliphatic heterocycles. The monoisotopic (exact) mass is 467 g/mol. The third kappa shape index (κ3) is 3.11. The van der Waals surface area contributed by atoms with Crippen LogP contribution < -0.4 is 4.90 Å². The molecule has 8 heteroatoms. The van der Waals surface area contributed by atoms with E-state index >= 15 is 0 Å². The van der Waals surface area contributed by atoms with Crippen LogP contribution in [0.1, 0.15) is 27.9 Å². The highest BCUT2D eigenvalue weighted by Crippen LogP contribution is 2.44. The molecule has 1 N–H and O–H groups in total. The Morgan fingerprint density at radius 2 is 1.91 bits per heavy atom. The fourth-order valence-corrected chi connectivity index (χ4v) is 4.27. The van der Waals surface area contributed by atoms with Crippen LogP contribution in [0.4, 0.5) is 5.69 Å². The van der Waals surface area contributed by atoms with Crippen molar-refractivity contribution in [1.82, 2.24) is 0 Å². The summed E-state index contributed by atoms with van der Waals surface area (Å²) < 4.78 is 11.2. The van der Waals surface area contributed by atoms with Crippen molar-refractivity contribution >= 4 is 51.5 Å². The summed E-state index contributed by atoms with van der Waals surface area (Å²) in [6.45, 7) is 1.75. The van der Waals surface area contributed by atoms with Crippen molar-refractivity contribution in [3.63, 3.8) is 0 Å². The van der Waals surface area contributed by atoms with Crippen LogP contribution in [0.3, 0.4) is 0 Å².